The molecule has 6 nitrogen and oxygen atoms in total. The molecule has 1 unspecified atom stereocenters. The Morgan fingerprint density at radius 1 is 1.40 bits per heavy atom. The van der Waals surface area contributed by atoms with Crippen LogP contribution in [0.4, 0.5) is 8.78 Å². The largest absolute Gasteiger partial charge is 0.496 e. The van der Waals surface area contributed by atoms with Crippen molar-refractivity contribution in [2.75, 3.05) is 13.7 Å². The Morgan fingerprint density at radius 3 is 2.84 bits per heavy atom. The van der Waals surface area contributed by atoms with Crippen LogP contribution in [0.5, 0.6) is 5.75 Å². The van der Waals surface area contributed by atoms with E-state index in [-0.39, 0.29) is 31.2 Å². The maximum Gasteiger partial charge on any atom is 0.345 e. The smallest absolute Gasteiger partial charge is 0.345 e. The van der Waals surface area contributed by atoms with E-state index >= 15 is 0 Å². The van der Waals surface area contributed by atoms with Crippen molar-refractivity contribution in [2.24, 2.45) is 0 Å². The highest BCUT2D eigenvalue weighted by molar-refractivity contribution is 6.30. The number of hydrogen-bond donors (Lipinski definition) is 1. The molecule has 1 aromatic carbocycles. The standard InChI is InChI=1S/C16H17ClF2N2O4/c1-24-13-5-9(17)3-2-8(13)4-11-15(23)21-7-10(25-16(18)19)6-12(21)14(22)20-11/h2-3,5,10-12,16H,4,6-7H2,1H3,(H,20,22)/t10-,11?,12+/m1/s1. The predicted molar refractivity (Wildman–Crippen MR) is 84.6 cm³/mol. The molecule has 2 amide bonds. The number of rotatable bonds is 5. The number of ether oxygens (including phenoxy) is 2. The van der Waals surface area contributed by atoms with E-state index < -0.39 is 24.8 Å². The van der Waals surface area contributed by atoms with Gasteiger partial charge in [0.05, 0.1) is 13.2 Å². The van der Waals surface area contributed by atoms with E-state index in [1.165, 1.54) is 12.0 Å². The highest BCUT2D eigenvalue weighted by atomic mass is 35.5. The van der Waals surface area contributed by atoms with Crippen LogP contribution >= 0.6 is 11.6 Å². The normalized spacial score (nSPS) is 26.0. The summed E-state index contributed by atoms with van der Waals surface area (Å²) in [6, 6.07) is 3.46. The van der Waals surface area contributed by atoms with Gasteiger partial charge >= 0.3 is 6.61 Å². The van der Waals surface area contributed by atoms with Gasteiger partial charge in [0, 0.05) is 24.4 Å². The minimum absolute atomic E-state index is 0.0183. The van der Waals surface area contributed by atoms with E-state index in [1.807, 2.05) is 0 Å². The molecule has 0 aliphatic carbocycles. The summed E-state index contributed by atoms with van der Waals surface area (Å²) in [7, 11) is 1.49. The van der Waals surface area contributed by atoms with Crippen LogP contribution in [-0.4, -0.2) is 55.2 Å². The number of nitrogens with zero attached hydrogens (tertiary/aromatic N) is 1. The number of halogens is 3. The number of nitrogens with one attached hydrogen (secondary N) is 1. The summed E-state index contributed by atoms with van der Waals surface area (Å²) < 4.78 is 34.5. The number of hydrogen-bond acceptors (Lipinski definition) is 4. The fraction of sp³-hybridized carbons (Fsp3) is 0.500. The minimum atomic E-state index is -2.93. The molecule has 0 bridgehead atoms. The van der Waals surface area contributed by atoms with Crippen molar-refractivity contribution in [3.05, 3.63) is 28.8 Å². The second kappa shape index (κ2) is 7.13. The summed E-state index contributed by atoms with van der Waals surface area (Å²) in [5, 5.41) is 3.16. The van der Waals surface area contributed by atoms with Crippen molar-refractivity contribution in [1.29, 1.82) is 0 Å². The highest BCUT2D eigenvalue weighted by Crippen LogP contribution is 2.29. The first-order chi connectivity index (χ1) is 11.9. The first-order valence-electron chi connectivity index (χ1n) is 7.76. The third-order valence-corrected chi connectivity index (χ3v) is 4.67. The Labute approximate surface area is 148 Å². The molecule has 0 spiro atoms. The molecule has 0 radical (unpaired) electrons. The third-order valence-electron chi connectivity index (χ3n) is 4.43. The second-order valence-corrected chi connectivity index (χ2v) is 6.42. The Balaban J connectivity index is 1.75. The molecule has 1 N–H and O–H groups in total. The summed E-state index contributed by atoms with van der Waals surface area (Å²) in [4.78, 5) is 26.2. The van der Waals surface area contributed by atoms with Crippen LogP contribution in [0, 0.1) is 0 Å². The average Bonchev–Trinajstić information content (AvgIpc) is 2.97. The molecule has 25 heavy (non-hydrogen) atoms. The lowest BCUT2D eigenvalue weighted by Gasteiger charge is -2.34. The lowest BCUT2D eigenvalue weighted by atomic mass is 10.00. The lowest BCUT2D eigenvalue weighted by molar-refractivity contribution is -0.160. The molecule has 136 valence electrons. The average molecular weight is 375 g/mol. The third kappa shape index (κ3) is 3.69. The molecule has 9 heteroatoms. The fourth-order valence-corrected chi connectivity index (χ4v) is 3.47. The molecule has 3 atom stereocenters. The van der Waals surface area contributed by atoms with Crippen molar-refractivity contribution in [3.63, 3.8) is 0 Å². The van der Waals surface area contributed by atoms with Gasteiger partial charge in [-0.3, -0.25) is 9.59 Å². The Bertz CT molecular complexity index is 688. The van der Waals surface area contributed by atoms with Gasteiger partial charge < -0.3 is 19.7 Å². The van der Waals surface area contributed by atoms with Gasteiger partial charge in [0.25, 0.3) is 0 Å². The van der Waals surface area contributed by atoms with Crippen LogP contribution in [0.2, 0.25) is 5.02 Å². The van der Waals surface area contributed by atoms with Crippen LogP contribution in [0.3, 0.4) is 0 Å². The van der Waals surface area contributed by atoms with E-state index in [2.05, 4.69) is 10.1 Å². The van der Waals surface area contributed by atoms with Gasteiger partial charge in [-0.1, -0.05) is 17.7 Å². The number of fused-ring (bicyclic) bond motifs is 1. The Kier molecular flexibility index (Phi) is 5.10. The molecule has 2 heterocycles. The van der Waals surface area contributed by atoms with Crippen LogP contribution in [-0.2, 0) is 20.7 Å². The van der Waals surface area contributed by atoms with E-state index in [0.29, 0.717) is 16.3 Å². The predicted octanol–water partition coefficient (Wildman–Crippen LogP) is 1.60. The van der Waals surface area contributed by atoms with E-state index in [0.717, 1.165) is 0 Å². The van der Waals surface area contributed by atoms with Crippen molar-refractivity contribution < 1.29 is 27.8 Å². The highest BCUT2D eigenvalue weighted by Gasteiger charge is 2.47. The molecular weight excluding hydrogens is 358 g/mol. The van der Waals surface area contributed by atoms with Crippen molar-refractivity contribution in [2.45, 2.75) is 37.6 Å². The summed E-state index contributed by atoms with van der Waals surface area (Å²) in [5.74, 6) is -0.170. The lowest BCUT2D eigenvalue weighted by Crippen LogP contribution is -2.61. The second-order valence-electron chi connectivity index (χ2n) is 5.98. The van der Waals surface area contributed by atoms with Crippen LogP contribution in [0.15, 0.2) is 18.2 Å². The van der Waals surface area contributed by atoms with Gasteiger partial charge in [0.15, 0.2) is 0 Å². The zero-order valence-electron chi connectivity index (χ0n) is 13.4. The zero-order chi connectivity index (χ0) is 18.1. The van der Waals surface area contributed by atoms with E-state index in [9.17, 15) is 18.4 Å². The molecule has 2 saturated heterocycles. The summed E-state index contributed by atoms with van der Waals surface area (Å²) >= 11 is 5.92. The molecule has 1 aromatic rings. The number of carbonyl (C=O) groups is 2. The molecule has 2 fully saturated rings. The van der Waals surface area contributed by atoms with Crippen LogP contribution in [0.25, 0.3) is 0 Å². The minimum Gasteiger partial charge on any atom is -0.496 e. The number of alkyl halides is 2. The summed E-state index contributed by atoms with van der Waals surface area (Å²) in [6.07, 6.45) is -0.559. The Morgan fingerprint density at radius 2 is 2.16 bits per heavy atom. The van der Waals surface area contributed by atoms with Gasteiger partial charge in [-0.2, -0.15) is 8.78 Å². The molecule has 2 aliphatic rings. The summed E-state index contributed by atoms with van der Waals surface area (Å²) in [5.41, 5.74) is 0.712. The molecule has 0 saturated carbocycles. The number of piperazine rings is 1. The van der Waals surface area contributed by atoms with Gasteiger partial charge in [0.2, 0.25) is 11.8 Å². The molecule has 0 aromatic heterocycles. The fourth-order valence-electron chi connectivity index (χ4n) is 3.31. The van der Waals surface area contributed by atoms with Gasteiger partial charge in [-0.05, 0) is 17.7 Å². The quantitative estimate of drug-likeness (QED) is 0.850. The van der Waals surface area contributed by atoms with Crippen LogP contribution < -0.4 is 10.1 Å². The molecule has 3 rings (SSSR count). The monoisotopic (exact) mass is 374 g/mol. The first-order valence-corrected chi connectivity index (χ1v) is 8.13. The van der Waals surface area contributed by atoms with Crippen molar-refractivity contribution >= 4 is 23.4 Å². The summed E-state index contributed by atoms with van der Waals surface area (Å²) in [6.45, 7) is -2.95. The maximum atomic E-state index is 12.7. The van der Waals surface area contributed by atoms with Gasteiger partial charge in [-0.15, -0.1) is 0 Å². The maximum absolute atomic E-state index is 12.7. The van der Waals surface area contributed by atoms with Gasteiger partial charge in [0.1, 0.15) is 17.8 Å². The number of amides is 2. The van der Waals surface area contributed by atoms with E-state index in [1.54, 1.807) is 18.2 Å². The molecule has 2 aliphatic heterocycles. The van der Waals surface area contributed by atoms with Crippen LogP contribution in [0.1, 0.15) is 12.0 Å². The SMILES string of the molecule is COc1cc(Cl)ccc1CC1NC(=O)[C@@H]2C[C@@H](OC(F)F)CN2C1=O. The number of carbonyl (C=O) groups excluding carboxylic acids is 2. The number of benzene rings is 1. The van der Waals surface area contributed by atoms with E-state index in [4.69, 9.17) is 16.3 Å². The Hall–Kier alpha value is -1.93. The van der Waals surface area contributed by atoms with Crippen molar-refractivity contribution in [3.8, 4) is 5.75 Å². The molecular formula is C16H17ClF2N2O4. The van der Waals surface area contributed by atoms with Gasteiger partial charge in [-0.25, -0.2) is 0 Å². The first kappa shape index (κ1) is 17.9. The van der Waals surface area contributed by atoms with Crippen molar-refractivity contribution in [1.82, 2.24) is 10.2 Å². The topological polar surface area (TPSA) is 67.9 Å². The number of methoxy groups -OCH3 is 1. The zero-order valence-corrected chi connectivity index (χ0v) is 14.1.